The van der Waals surface area contributed by atoms with Crippen LogP contribution in [-0.2, 0) is 6.42 Å². The molecule has 0 aliphatic heterocycles. The van der Waals surface area contributed by atoms with Crippen molar-refractivity contribution in [2.75, 3.05) is 26.2 Å². The van der Waals surface area contributed by atoms with E-state index in [4.69, 9.17) is 11.2 Å². The van der Waals surface area contributed by atoms with Crippen molar-refractivity contribution in [1.82, 2.24) is 4.90 Å². The van der Waals surface area contributed by atoms with Gasteiger partial charge < -0.3 is 14.7 Å². The van der Waals surface area contributed by atoms with Gasteiger partial charge in [-0.1, -0.05) is 32.8 Å². The van der Waals surface area contributed by atoms with E-state index in [2.05, 4.69) is 49.8 Å². The molecule has 0 unspecified atom stereocenters. The Balaban J connectivity index is 1.42. The van der Waals surface area contributed by atoms with Crippen LogP contribution in [0.25, 0.3) is 0 Å². The first-order valence-electron chi connectivity index (χ1n) is 12.1. The molecule has 164 valence electrons. The third kappa shape index (κ3) is 3.57. The van der Waals surface area contributed by atoms with Crippen LogP contribution in [0.2, 0.25) is 0 Å². The Hall–Kier alpha value is -1.50. The first kappa shape index (κ1) is 21.7. The molecule has 5 atom stereocenters. The van der Waals surface area contributed by atoms with E-state index in [1.54, 1.807) is 0 Å². The molecule has 2 fully saturated rings. The average molecular weight is 410 g/mol. The molecule has 3 aliphatic carbocycles. The highest BCUT2D eigenvalue weighted by Crippen LogP contribution is 2.64. The molecule has 2 saturated carbocycles. The normalized spacial score (nSPS) is 34.7. The zero-order valence-electron chi connectivity index (χ0n) is 19.1. The summed E-state index contributed by atoms with van der Waals surface area (Å²) in [6, 6.07) is 6.80. The van der Waals surface area contributed by atoms with Gasteiger partial charge in [0.15, 0.2) is 0 Å². The largest absolute Gasteiger partial charge is 0.494 e. The van der Waals surface area contributed by atoms with Gasteiger partial charge in [-0.3, -0.25) is 0 Å². The number of rotatable bonds is 7. The maximum absolute atomic E-state index is 11.1. The Morgan fingerprint density at radius 1 is 1.20 bits per heavy atom. The molecule has 1 N–H and O–H groups in total. The molecule has 0 aromatic heterocycles. The fourth-order valence-electron chi connectivity index (χ4n) is 6.92. The topological polar surface area (TPSA) is 32.7 Å². The molecule has 0 bridgehead atoms. The quantitative estimate of drug-likeness (QED) is 0.507. The van der Waals surface area contributed by atoms with Crippen molar-refractivity contribution in [2.45, 2.75) is 77.2 Å². The first-order chi connectivity index (χ1) is 14.5. The fraction of sp³-hybridized carbons (Fsp3) is 0.704. The second kappa shape index (κ2) is 8.56. The van der Waals surface area contributed by atoms with Crippen molar-refractivity contribution in [3.8, 4) is 18.1 Å². The third-order valence-corrected chi connectivity index (χ3v) is 8.87. The molecular formula is C27H39NO2. The van der Waals surface area contributed by atoms with E-state index in [1.807, 2.05) is 0 Å². The minimum absolute atomic E-state index is 0.117. The van der Waals surface area contributed by atoms with E-state index in [9.17, 15) is 5.11 Å². The second-order valence-corrected chi connectivity index (χ2v) is 10.0. The molecule has 1 aromatic carbocycles. The lowest BCUT2D eigenvalue weighted by molar-refractivity contribution is -0.0646. The molecule has 0 amide bonds. The minimum atomic E-state index is -0.911. The highest BCUT2D eigenvalue weighted by molar-refractivity contribution is 5.41. The first-order valence-corrected chi connectivity index (χ1v) is 12.1. The Morgan fingerprint density at radius 3 is 2.73 bits per heavy atom. The zero-order chi connectivity index (χ0) is 21.4. The van der Waals surface area contributed by atoms with Crippen molar-refractivity contribution < 1.29 is 9.84 Å². The SMILES string of the molecule is C#C[C@]1(O)CC[C@H]2[C@@H]3CCc4cc(OCCCN(CC)CC)ccc4[C@H]3CC[C@@]21C. The van der Waals surface area contributed by atoms with E-state index in [1.165, 1.54) is 17.5 Å². The van der Waals surface area contributed by atoms with E-state index in [0.717, 1.165) is 70.5 Å². The zero-order valence-corrected chi connectivity index (χ0v) is 19.1. The Labute approximate surface area is 183 Å². The summed E-state index contributed by atoms with van der Waals surface area (Å²) in [4.78, 5) is 2.44. The molecule has 3 nitrogen and oxygen atoms in total. The lowest BCUT2D eigenvalue weighted by atomic mass is 9.53. The summed E-state index contributed by atoms with van der Waals surface area (Å²) in [5.74, 6) is 5.61. The number of aliphatic hydroxyl groups is 1. The molecule has 1 aromatic rings. The predicted octanol–water partition coefficient (Wildman–Crippen LogP) is 5.02. The molecule has 3 aliphatic rings. The summed E-state index contributed by atoms with van der Waals surface area (Å²) in [5.41, 5.74) is 1.98. The molecule has 30 heavy (non-hydrogen) atoms. The fourth-order valence-corrected chi connectivity index (χ4v) is 6.92. The molecular weight excluding hydrogens is 370 g/mol. The van der Waals surface area contributed by atoms with Crippen molar-refractivity contribution in [3.05, 3.63) is 29.3 Å². The molecule has 0 radical (unpaired) electrons. The van der Waals surface area contributed by atoms with Gasteiger partial charge in [-0.25, -0.2) is 0 Å². The monoisotopic (exact) mass is 409 g/mol. The van der Waals surface area contributed by atoms with Crippen LogP contribution in [0.1, 0.15) is 76.3 Å². The number of aryl methyl sites for hydroxylation is 1. The van der Waals surface area contributed by atoms with E-state index < -0.39 is 5.60 Å². The van der Waals surface area contributed by atoms with Gasteiger partial charge in [-0.2, -0.15) is 0 Å². The third-order valence-electron chi connectivity index (χ3n) is 8.87. The van der Waals surface area contributed by atoms with Gasteiger partial charge in [-0.15, -0.1) is 6.42 Å². The van der Waals surface area contributed by atoms with Crippen LogP contribution in [0.5, 0.6) is 5.75 Å². The molecule has 0 heterocycles. The van der Waals surface area contributed by atoms with Crippen LogP contribution >= 0.6 is 0 Å². The standard InChI is InChI=1S/C27H39NO2/c1-5-27(29)16-14-25-24-11-9-20-19-21(30-18-8-17-28(6-2)7-3)10-12-22(20)23(24)13-15-26(25,27)4/h1,10,12,19,23-25,29H,6-9,11,13-18H2,2-4H3/t23-,24-,25+,26+,27+/m1/s1. The van der Waals surface area contributed by atoms with Crippen molar-refractivity contribution in [2.24, 2.45) is 17.3 Å². The van der Waals surface area contributed by atoms with Gasteiger partial charge in [0.25, 0.3) is 0 Å². The Morgan fingerprint density at radius 2 is 2.00 bits per heavy atom. The van der Waals surface area contributed by atoms with Gasteiger partial charge >= 0.3 is 0 Å². The summed E-state index contributed by atoms with van der Waals surface area (Å²) in [7, 11) is 0. The van der Waals surface area contributed by atoms with Crippen LogP contribution < -0.4 is 4.74 Å². The van der Waals surface area contributed by atoms with E-state index in [0.29, 0.717) is 17.8 Å². The number of hydrogen-bond donors (Lipinski definition) is 1. The number of ether oxygens (including phenoxy) is 1. The smallest absolute Gasteiger partial charge is 0.130 e. The number of benzene rings is 1. The van der Waals surface area contributed by atoms with Gasteiger partial charge in [0.2, 0.25) is 0 Å². The van der Waals surface area contributed by atoms with Crippen LogP contribution in [0.4, 0.5) is 0 Å². The predicted molar refractivity (Wildman–Crippen MR) is 123 cm³/mol. The van der Waals surface area contributed by atoms with Crippen LogP contribution in [0.3, 0.4) is 0 Å². The van der Waals surface area contributed by atoms with E-state index in [-0.39, 0.29) is 5.41 Å². The number of terminal acetylenes is 1. The maximum atomic E-state index is 11.1. The molecule has 0 spiro atoms. The summed E-state index contributed by atoms with van der Waals surface area (Å²) in [6.45, 7) is 10.8. The van der Waals surface area contributed by atoms with Gasteiger partial charge in [0, 0.05) is 12.0 Å². The van der Waals surface area contributed by atoms with Crippen LogP contribution in [0.15, 0.2) is 18.2 Å². The molecule has 0 saturated heterocycles. The Bertz CT molecular complexity index is 795. The maximum Gasteiger partial charge on any atom is 0.130 e. The summed E-state index contributed by atoms with van der Waals surface area (Å²) in [5, 5.41) is 11.1. The Kier molecular flexibility index (Phi) is 6.20. The van der Waals surface area contributed by atoms with Gasteiger partial charge in [-0.05, 0) is 99.0 Å². The average Bonchev–Trinajstić information content (AvgIpc) is 3.05. The van der Waals surface area contributed by atoms with Crippen molar-refractivity contribution in [1.29, 1.82) is 0 Å². The summed E-state index contributed by atoms with van der Waals surface area (Å²) in [6.07, 6.45) is 13.2. The van der Waals surface area contributed by atoms with Gasteiger partial charge in [0.1, 0.15) is 11.4 Å². The summed E-state index contributed by atoms with van der Waals surface area (Å²) >= 11 is 0. The van der Waals surface area contributed by atoms with E-state index >= 15 is 0 Å². The lowest BCUT2D eigenvalue weighted by Gasteiger charge is -2.52. The highest BCUT2D eigenvalue weighted by atomic mass is 16.5. The molecule has 3 heteroatoms. The van der Waals surface area contributed by atoms with Crippen molar-refractivity contribution in [3.63, 3.8) is 0 Å². The van der Waals surface area contributed by atoms with Gasteiger partial charge in [0.05, 0.1) is 6.61 Å². The number of hydrogen-bond acceptors (Lipinski definition) is 3. The second-order valence-electron chi connectivity index (χ2n) is 10.0. The highest BCUT2D eigenvalue weighted by Gasteiger charge is 2.61. The van der Waals surface area contributed by atoms with Crippen molar-refractivity contribution >= 4 is 0 Å². The lowest BCUT2D eigenvalue weighted by Crippen LogP contribution is -2.50. The summed E-state index contributed by atoms with van der Waals surface area (Å²) < 4.78 is 6.09. The number of fused-ring (bicyclic) bond motifs is 5. The molecule has 4 rings (SSSR count). The number of nitrogens with zero attached hydrogens (tertiary/aromatic N) is 1. The minimum Gasteiger partial charge on any atom is -0.494 e. The van der Waals surface area contributed by atoms with Crippen LogP contribution in [0, 0.1) is 29.6 Å². The van der Waals surface area contributed by atoms with Crippen LogP contribution in [-0.4, -0.2) is 41.8 Å².